The minimum Gasteiger partial charge on any atom is -0.392 e. The van der Waals surface area contributed by atoms with Gasteiger partial charge in [-0.05, 0) is 38.5 Å². The van der Waals surface area contributed by atoms with Crippen molar-refractivity contribution in [1.29, 1.82) is 0 Å². The third kappa shape index (κ3) is 3.61. The van der Waals surface area contributed by atoms with Gasteiger partial charge in [-0.15, -0.1) is 0 Å². The molecule has 1 N–H and O–H groups in total. The normalized spacial score (nSPS) is 17.4. The number of nitrogens with zero attached hydrogens (tertiary/aromatic N) is 2. The fourth-order valence-electron chi connectivity index (χ4n) is 2.73. The third-order valence-corrected chi connectivity index (χ3v) is 4.25. The van der Waals surface area contributed by atoms with E-state index in [1.807, 2.05) is 14.0 Å². The number of aryl methyl sites for hydroxylation is 2. The smallest absolute Gasteiger partial charge is 0.0850 e. The van der Waals surface area contributed by atoms with Crippen LogP contribution in [0.3, 0.4) is 0 Å². The number of rotatable bonds is 5. The molecule has 3 nitrogen and oxygen atoms in total. The van der Waals surface area contributed by atoms with Crippen LogP contribution in [0.2, 0.25) is 5.02 Å². The Kier molecular flexibility index (Phi) is 5.06. The molecule has 19 heavy (non-hydrogen) atoms. The van der Waals surface area contributed by atoms with E-state index >= 15 is 0 Å². The zero-order valence-corrected chi connectivity index (χ0v) is 12.6. The Labute approximate surface area is 120 Å². The van der Waals surface area contributed by atoms with Crippen LogP contribution in [0.5, 0.6) is 0 Å². The summed E-state index contributed by atoms with van der Waals surface area (Å²) in [5.41, 5.74) is 3.26. The molecule has 106 valence electrons. The van der Waals surface area contributed by atoms with Crippen molar-refractivity contribution in [2.24, 2.45) is 7.05 Å². The van der Waals surface area contributed by atoms with Crippen molar-refractivity contribution in [1.82, 2.24) is 9.78 Å². The van der Waals surface area contributed by atoms with E-state index in [1.54, 1.807) is 4.68 Å². The predicted octanol–water partition coefficient (Wildman–Crippen LogP) is 3.43. The molecular formula is C15H23ClN2O. The predicted molar refractivity (Wildman–Crippen MR) is 78.5 cm³/mol. The highest BCUT2D eigenvalue weighted by Gasteiger charge is 2.18. The Hall–Kier alpha value is -0.800. The van der Waals surface area contributed by atoms with Crippen LogP contribution in [0.25, 0.3) is 0 Å². The molecule has 0 aromatic carbocycles. The van der Waals surface area contributed by atoms with E-state index in [1.165, 1.54) is 18.4 Å². The maximum atomic E-state index is 10.2. The molecule has 1 heterocycles. The molecule has 0 fully saturated rings. The van der Waals surface area contributed by atoms with Gasteiger partial charge in [0.05, 0.1) is 22.5 Å². The van der Waals surface area contributed by atoms with Crippen molar-refractivity contribution in [3.63, 3.8) is 0 Å². The summed E-state index contributed by atoms with van der Waals surface area (Å²) in [6.45, 7) is 2.04. The zero-order valence-electron chi connectivity index (χ0n) is 11.8. The Morgan fingerprint density at radius 3 is 2.79 bits per heavy atom. The molecule has 1 aliphatic carbocycles. The average molecular weight is 283 g/mol. The molecule has 1 atom stereocenters. The first-order valence-corrected chi connectivity index (χ1v) is 7.55. The van der Waals surface area contributed by atoms with Crippen molar-refractivity contribution >= 4 is 11.6 Å². The van der Waals surface area contributed by atoms with Crippen LogP contribution < -0.4 is 0 Å². The van der Waals surface area contributed by atoms with Gasteiger partial charge in [0, 0.05) is 13.5 Å². The second kappa shape index (κ2) is 6.58. The van der Waals surface area contributed by atoms with Gasteiger partial charge < -0.3 is 5.11 Å². The molecule has 0 bridgehead atoms. The van der Waals surface area contributed by atoms with Gasteiger partial charge in [-0.1, -0.05) is 30.2 Å². The van der Waals surface area contributed by atoms with Crippen LogP contribution in [0.4, 0.5) is 0 Å². The monoisotopic (exact) mass is 282 g/mol. The number of aromatic nitrogens is 2. The molecule has 0 spiro atoms. The average Bonchev–Trinajstić information content (AvgIpc) is 2.67. The third-order valence-electron chi connectivity index (χ3n) is 3.81. The highest BCUT2D eigenvalue weighted by atomic mass is 35.5. The summed E-state index contributed by atoms with van der Waals surface area (Å²) in [7, 11) is 1.90. The standard InChI is InChI=1S/C15H23ClN2O/c1-3-13-15(16)14(18(2)17-13)10-12(19)9-11-7-5-4-6-8-11/h7,12,19H,3-6,8-10H2,1-2H3. The molecule has 4 heteroatoms. The number of halogens is 1. The van der Waals surface area contributed by atoms with Crippen LogP contribution in [0, 0.1) is 0 Å². The minimum absolute atomic E-state index is 0.359. The Bertz CT molecular complexity index is 465. The molecule has 1 aromatic rings. The van der Waals surface area contributed by atoms with Crippen LogP contribution in [0.15, 0.2) is 11.6 Å². The fourth-order valence-corrected chi connectivity index (χ4v) is 3.10. The molecular weight excluding hydrogens is 260 g/mol. The van der Waals surface area contributed by atoms with Gasteiger partial charge in [0.15, 0.2) is 0 Å². The minimum atomic E-state index is -0.359. The molecule has 0 saturated heterocycles. The number of aliphatic hydroxyl groups excluding tert-OH is 1. The lowest BCUT2D eigenvalue weighted by molar-refractivity contribution is 0.171. The largest absolute Gasteiger partial charge is 0.392 e. The van der Waals surface area contributed by atoms with Crippen molar-refractivity contribution in [3.05, 3.63) is 28.1 Å². The molecule has 0 aliphatic heterocycles. The van der Waals surface area contributed by atoms with E-state index in [9.17, 15) is 5.11 Å². The molecule has 1 aromatic heterocycles. The highest BCUT2D eigenvalue weighted by Crippen LogP contribution is 2.25. The topological polar surface area (TPSA) is 38.0 Å². The van der Waals surface area contributed by atoms with Crippen LogP contribution in [-0.4, -0.2) is 21.0 Å². The van der Waals surface area contributed by atoms with Gasteiger partial charge in [0.2, 0.25) is 0 Å². The molecule has 2 rings (SSSR count). The van der Waals surface area contributed by atoms with Gasteiger partial charge in [0.1, 0.15) is 0 Å². The van der Waals surface area contributed by atoms with Gasteiger partial charge in [-0.3, -0.25) is 4.68 Å². The summed E-state index contributed by atoms with van der Waals surface area (Å²) in [5, 5.41) is 15.4. The molecule has 0 amide bonds. The number of aliphatic hydroxyl groups is 1. The lowest BCUT2D eigenvalue weighted by atomic mass is 9.94. The maximum Gasteiger partial charge on any atom is 0.0850 e. The number of allylic oxidation sites excluding steroid dienone is 1. The van der Waals surface area contributed by atoms with Crippen LogP contribution in [-0.2, 0) is 19.9 Å². The van der Waals surface area contributed by atoms with E-state index in [-0.39, 0.29) is 6.10 Å². The summed E-state index contributed by atoms with van der Waals surface area (Å²) >= 11 is 6.31. The van der Waals surface area contributed by atoms with E-state index in [4.69, 9.17) is 11.6 Å². The quantitative estimate of drug-likeness (QED) is 0.840. The first-order valence-electron chi connectivity index (χ1n) is 7.18. The van der Waals surface area contributed by atoms with Crippen molar-refractivity contribution < 1.29 is 5.11 Å². The Balaban J connectivity index is 2.00. The second-order valence-electron chi connectivity index (χ2n) is 5.35. The van der Waals surface area contributed by atoms with Gasteiger partial charge in [0.25, 0.3) is 0 Å². The van der Waals surface area contributed by atoms with Gasteiger partial charge in [-0.2, -0.15) is 5.10 Å². The SMILES string of the molecule is CCc1nn(C)c(CC(O)CC2=CCCCC2)c1Cl. The first kappa shape index (κ1) is 14.6. The number of hydrogen-bond donors (Lipinski definition) is 1. The Morgan fingerprint density at radius 1 is 1.42 bits per heavy atom. The van der Waals surface area contributed by atoms with E-state index in [0.29, 0.717) is 6.42 Å². The zero-order chi connectivity index (χ0) is 13.8. The van der Waals surface area contributed by atoms with E-state index < -0.39 is 0 Å². The van der Waals surface area contributed by atoms with Gasteiger partial charge >= 0.3 is 0 Å². The van der Waals surface area contributed by atoms with E-state index in [0.717, 1.165) is 42.1 Å². The van der Waals surface area contributed by atoms with E-state index in [2.05, 4.69) is 11.2 Å². The fraction of sp³-hybridized carbons (Fsp3) is 0.667. The highest BCUT2D eigenvalue weighted by molar-refractivity contribution is 6.31. The van der Waals surface area contributed by atoms with Crippen LogP contribution in [0.1, 0.15) is 50.4 Å². The Morgan fingerprint density at radius 2 is 2.21 bits per heavy atom. The van der Waals surface area contributed by atoms with Crippen molar-refractivity contribution in [2.45, 2.75) is 58.0 Å². The van der Waals surface area contributed by atoms with Crippen LogP contribution >= 0.6 is 11.6 Å². The molecule has 0 radical (unpaired) electrons. The molecule has 0 saturated carbocycles. The second-order valence-corrected chi connectivity index (χ2v) is 5.73. The summed E-state index contributed by atoms with van der Waals surface area (Å²) in [5.74, 6) is 0. The first-order chi connectivity index (χ1) is 9.11. The van der Waals surface area contributed by atoms with Crippen molar-refractivity contribution in [3.8, 4) is 0 Å². The summed E-state index contributed by atoms with van der Waals surface area (Å²) < 4.78 is 1.81. The van der Waals surface area contributed by atoms with Crippen molar-refractivity contribution in [2.75, 3.05) is 0 Å². The summed E-state index contributed by atoms with van der Waals surface area (Å²) in [4.78, 5) is 0. The lowest BCUT2D eigenvalue weighted by Crippen LogP contribution is -2.15. The molecule has 1 aliphatic rings. The summed E-state index contributed by atoms with van der Waals surface area (Å²) in [6, 6.07) is 0. The maximum absolute atomic E-state index is 10.2. The molecule has 1 unspecified atom stereocenters. The van der Waals surface area contributed by atoms with Gasteiger partial charge in [-0.25, -0.2) is 0 Å². The summed E-state index contributed by atoms with van der Waals surface area (Å²) in [6.07, 6.45) is 8.94. The lowest BCUT2D eigenvalue weighted by Gasteiger charge is -2.16. The number of hydrogen-bond acceptors (Lipinski definition) is 2.